The topological polar surface area (TPSA) is 82.9 Å². The fourth-order valence-corrected chi connectivity index (χ4v) is 3.29. The molecule has 0 radical (unpaired) electrons. The Morgan fingerprint density at radius 2 is 2.13 bits per heavy atom. The summed E-state index contributed by atoms with van der Waals surface area (Å²) in [4.78, 5) is 7.22. The Morgan fingerprint density at radius 3 is 3.00 bits per heavy atom. The van der Waals surface area contributed by atoms with E-state index in [2.05, 4.69) is 20.2 Å². The molecule has 0 aliphatic carbocycles. The highest BCUT2D eigenvalue weighted by molar-refractivity contribution is 7.17. The van der Waals surface area contributed by atoms with Crippen molar-refractivity contribution in [2.24, 2.45) is 10.2 Å². The van der Waals surface area contributed by atoms with Crippen molar-refractivity contribution in [1.82, 2.24) is 9.97 Å². The molecule has 0 spiro atoms. The average molecular weight is 324 g/mol. The van der Waals surface area contributed by atoms with Crippen LogP contribution in [0.25, 0.3) is 21.1 Å². The molecule has 4 rings (SSSR count). The third-order valence-electron chi connectivity index (χ3n) is 3.53. The summed E-state index contributed by atoms with van der Waals surface area (Å²) in [6.45, 7) is 0. The Morgan fingerprint density at radius 1 is 1.22 bits per heavy atom. The number of hydrogen-bond donors (Lipinski definition) is 2. The largest absolute Gasteiger partial charge is 0.497 e. The van der Waals surface area contributed by atoms with Gasteiger partial charge in [0.15, 0.2) is 5.69 Å². The molecule has 114 valence electrons. The first-order valence-electron chi connectivity index (χ1n) is 6.89. The van der Waals surface area contributed by atoms with E-state index >= 15 is 0 Å². The van der Waals surface area contributed by atoms with Gasteiger partial charge in [-0.15, -0.1) is 16.5 Å². The lowest BCUT2D eigenvalue weighted by molar-refractivity contribution is 0.415. The number of nitrogens with one attached hydrogen (secondary N) is 1. The van der Waals surface area contributed by atoms with Crippen LogP contribution >= 0.6 is 11.3 Å². The third kappa shape index (κ3) is 2.31. The second kappa shape index (κ2) is 5.36. The van der Waals surface area contributed by atoms with E-state index in [0.717, 1.165) is 21.1 Å². The van der Waals surface area contributed by atoms with E-state index in [4.69, 9.17) is 4.74 Å². The van der Waals surface area contributed by atoms with Gasteiger partial charge in [0, 0.05) is 6.07 Å². The molecule has 0 amide bonds. The maximum Gasteiger partial charge on any atom is 0.218 e. The highest BCUT2D eigenvalue weighted by atomic mass is 32.1. The van der Waals surface area contributed by atoms with Gasteiger partial charge in [-0.3, -0.25) is 0 Å². The summed E-state index contributed by atoms with van der Waals surface area (Å²) in [5, 5.41) is 19.4. The lowest BCUT2D eigenvalue weighted by atomic mass is 10.2. The lowest BCUT2D eigenvalue weighted by Crippen LogP contribution is -1.79. The van der Waals surface area contributed by atoms with Crippen LogP contribution in [0.1, 0.15) is 0 Å². The van der Waals surface area contributed by atoms with Gasteiger partial charge in [0.2, 0.25) is 5.88 Å². The number of hydrogen-bond acceptors (Lipinski definition) is 6. The van der Waals surface area contributed by atoms with Crippen LogP contribution in [0.15, 0.2) is 52.1 Å². The molecule has 0 saturated carbocycles. The number of rotatable bonds is 3. The van der Waals surface area contributed by atoms with Crippen LogP contribution in [0.3, 0.4) is 0 Å². The van der Waals surface area contributed by atoms with Crippen molar-refractivity contribution in [2.75, 3.05) is 7.11 Å². The van der Waals surface area contributed by atoms with Crippen molar-refractivity contribution in [1.29, 1.82) is 0 Å². The van der Waals surface area contributed by atoms with E-state index in [0.29, 0.717) is 17.1 Å². The summed E-state index contributed by atoms with van der Waals surface area (Å²) >= 11 is 1.51. The number of benzene rings is 2. The van der Waals surface area contributed by atoms with Gasteiger partial charge in [0.05, 0.1) is 39.4 Å². The summed E-state index contributed by atoms with van der Waals surface area (Å²) in [7, 11) is 1.60. The average Bonchev–Trinajstić information content (AvgIpc) is 3.16. The number of aromatic hydroxyl groups is 1. The highest BCUT2D eigenvalue weighted by Gasteiger charge is 2.15. The molecule has 2 aromatic heterocycles. The predicted octanol–water partition coefficient (Wildman–Crippen LogP) is 4.91. The predicted molar refractivity (Wildman–Crippen MR) is 90.3 cm³/mol. The summed E-state index contributed by atoms with van der Waals surface area (Å²) in [5.41, 5.74) is 4.52. The molecule has 7 heteroatoms. The Hall–Kier alpha value is -2.93. The molecule has 0 aliphatic rings. The normalized spacial score (nSPS) is 11.7. The number of aromatic amines is 1. The first-order valence-corrected chi connectivity index (χ1v) is 7.77. The maximum absolute atomic E-state index is 10.2. The summed E-state index contributed by atoms with van der Waals surface area (Å²) < 4.78 is 6.14. The quantitative estimate of drug-likeness (QED) is 0.525. The minimum absolute atomic E-state index is 0.00690. The number of nitrogens with zero attached hydrogens (tertiary/aromatic N) is 3. The molecule has 0 fully saturated rings. The van der Waals surface area contributed by atoms with Crippen molar-refractivity contribution in [2.45, 2.75) is 0 Å². The van der Waals surface area contributed by atoms with E-state index in [1.54, 1.807) is 18.7 Å². The molecule has 23 heavy (non-hydrogen) atoms. The zero-order chi connectivity index (χ0) is 15.8. The number of H-pyrrole nitrogens is 1. The van der Waals surface area contributed by atoms with Crippen molar-refractivity contribution in [3.05, 3.63) is 41.9 Å². The smallest absolute Gasteiger partial charge is 0.218 e. The van der Waals surface area contributed by atoms with Gasteiger partial charge in [0.25, 0.3) is 0 Å². The fourth-order valence-electron chi connectivity index (χ4n) is 2.45. The number of thiazole rings is 1. The van der Waals surface area contributed by atoms with E-state index in [1.807, 2.05) is 30.3 Å². The zero-order valence-electron chi connectivity index (χ0n) is 12.1. The Labute approximate surface area is 135 Å². The van der Waals surface area contributed by atoms with Crippen molar-refractivity contribution < 1.29 is 9.84 Å². The van der Waals surface area contributed by atoms with Gasteiger partial charge in [-0.05, 0) is 24.3 Å². The third-order valence-corrected chi connectivity index (χ3v) is 4.39. The second-order valence-electron chi connectivity index (χ2n) is 4.91. The van der Waals surface area contributed by atoms with E-state index in [9.17, 15) is 5.11 Å². The number of aromatic nitrogens is 2. The first kappa shape index (κ1) is 13.7. The van der Waals surface area contributed by atoms with Gasteiger partial charge < -0.3 is 14.8 Å². The van der Waals surface area contributed by atoms with Crippen LogP contribution in [0.4, 0.5) is 11.4 Å². The van der Waals surface area contributed by atoms with Gasteiger partial charge in [-0.2, -0.15) is 5.11 Å². The Kier molecular flexibility index (Phi) is 3.20. The van der Waals surface area contributed by atoms with Crippen LogP contribution in [0, 0.1) is 0 Å². The minimum atomic E-state index is -0.00690. The number of fused-ring (bicyclic) bond motifs is 3. The van der Waals surface area contributed by atoms with Crippen molar-refractivity contribution in [3.63, 3.8) is 0 Å². The molecular weight excluding hydrogens is 312 g/mol. The fraction of sp³-hybridized carbons (Fsp3) is 0.0625. The van der Waals surface area contributed by atoms with Crippen LogP contribution in [0.2, 0.25) is 0 Å². The molecular formula is C16H12N4O2S. The maximum atomic E-state index is 10.2. The molecule has 0 saturated heterocycles. The molecule has 0 unspecified atom stereocenters. The summed E-state index contributed by atoms with van der Waals surface area (Å²) in [5.74, 6) is 0.696. The standard InChI is InChI=1S/C16H12N4O2S/c1-22-10-4-2-3-9(7-10)19-20-14-13-11(18-16(14)21)5-6-12-15(13)23-8-17-12/h2-8,18,21H,1H3. The van der Waals surface area contributed by atoms with Crippen molar-refractivity contribution in [3.8, 4) is 11.6 Å². The van der Waals surface area contributed by atoms with Crippen molar-refractivity contribution >= 4 is 43.8 Å². The molecule has 4 aromatic rings. The van der Waals surface area contributed by atoms with Crippen LogP contribution in [-0.4, -0.2) is 22.2 Å². The number of azo groups is 1. The molecule has 6 nitrogen and oxygen atoms in total. The molecule has 0 bridgehead atoms. The van der Waals surface area contributed by atoms with Gasteiger partial charge in [-0.1, -0.05) is 6.07 Å². The van der Waals surface area contributed by atoms with E-state index < -0.39 is 0 Å². The molecule has 2 heterocycles. The SMILES string of the molecule is COc1cccc(N=Nc2c(O)[nH]c3ccc4ncsc4c23)c1. The second-order valence-corrected chi connectivity index (χ2v) is 5.77. The summed E-state index contributed by atoms with van der Waals surface area (Å²) in [6, 6.07) is 11.1. The lowest BCUT2D eigenvalue weighted by Gasteiger charge is -1.99. The monoisotopic (exact) mass is 324 g/mol. The minimum Gasteiger partial charge on any atom is -0.497 e. The van der Waals surface area contributed by atoms with Crippen LogP contribution in [0.5, 0.6) is 11.6 Å². The van der Waals surface area contributed by atoms with Crippen LogP contribution in [-0.2, 0) is 0 Å². The van der Waals surface area contributed by atoms with Gasteiger partial charge in [-0.25, -0.2) is 4.98 Å². The zero-order valence-corrected chi connectivity index (χ0v) is 13.0. The highest BCUT2D eigenvalue weighted by Crippen LogP contribution is 2.41. The Bertz CT molecular complexity index is 1040. The number of methoxy groups -OCH3 is 1. The number of ether oxygens (including phenoxy) is 1. The van der Waals surface area contributed by atoms with Gasteiger partial charge in [0.1, 0.15) is 5.75 Å². The summed E-state index contributed by atoms with van der Waals surface area (Å²) in [6.07, 6.45) is 0. The van der Waals surface area contributed by atoms with E-state index in [-0.39, 0.29) is 5.88 Å². The van der Waals surface area contributed by atoms with Gasteiger partial charge >= 0.3 is 0 Å². The Balaban J connectivity index is 1.86. The van der Waals surface area contributed by atoms with E-state index in [1.165, 1.54) is 11.3 Å². The molecule has 0 aliphatic heterocycles. The van der Waals surface area contributed by atoms with Crippen LogP contribution < -0.4 is 4.74 Å². The molecule has 2 N–H and O–H groups in total. The first-order chi connectivity index (χ1) is 11.3. The molecule has 0 atom stereocenters. The molecule has 2 aromatic carbocycles.